The molecule has 1 aromatic carbocycles. The first-order valence-corrected chi connectivity index (χ1v) is 10.2. The van der Waals surface area contributed by atoms with Crippen molar-refractivity contribution in [3.63, 3.8) is 0 Å². The number of benzene rings is 1. The highest BCUT2D eigenvalue weighted by Gasteiger charge is 2.15. The third-order valence-corrected chi connectivity index (χ3v) is 4.67. The third kappa shape index (κ3) is 6.42. The summed E-state index contributed by atoms with van der Waals surface area (Å²) in [6.07, 6.45) is 0.943. The smallest absolute Gasteiger partial charge is 0.444 e. The maximum absolute atomic E-state index is 12.2. The quantitative estimate of drug-likeness (QED) is 0.474. The summed E-state index contributed by atoms with van der Waals surface area (Å²) in [4.78, 5) is 27.7. The van der Waals surface area contributed by atoms with E-state index in [2.05, 4.69) is 15.4 Å². The van der Waals surface area contributed by atoms with Crippen molar-refractivity contribution in [1.29, 1.82) is 0 Å². The zero-order chi connectivity index (χ0) is 22.8. The highest BCUT2D eigenvalue weighted by molar-refractivity contribution is 5.88. The van der Waals surface area contributed by atoms with Gasteiger partial charge in [0.05, 0.1) is 12.7 Å². The molecular formula is C22H26N4O6. The number of aryl methyl sites for hydroxylation is 1. The molecule has 0 radical (unpaired) electrons. The van der Waals surface area contributed by atoms with Crippen LogP contribution in [0.2, 0.25) is 0 Å². The number of aromatic nitrogens is 3. The van der Waals surface area contributed by atoms with Crippen LogP contribution in [0.25, 0.3) is 5.52 Å². The van der Waals surface area contributed by atoms with Gasteiger partial charge in [-0.25, -0.2) is 19.1 Å². The van der Waals surface area contributed by atoms with Crippen LogP contribution in [0, 0.1) is 0 Å². The molecule has 1 amide bonds. The summed E-state index contributed by atoms with van der Waals surface area (Å²) in [6, 6.07) is 13.1. The number of anilines is 1. The number of carbonyl (C=O) groups is 2. The maximum Gasteiger partial charge on any atom is 0.508 e. The van der Waals surface area contributed by atoms with Gasteiger partial charge in [-0.05, 0) is 37.5 Å². The fourth-order valence-electron chi connectivity index (χ4n) is 3.03. The van der Waals surface area contributed by atoms with Crippen LogP contribution in [0.15, 0.2) is 48.8 Å². The second-order valence-corrected chi connectivity index (χ2v) is 6.81. The summed E-state index contributed by atoms with van der Waals surface area (Å²) in [6.45, 7) is 2.21. The summed E-state index contributed by atoms with van der Waals surface area (Å²) in [7, 11) is 1.56. The number of rotatable bonds is 10. The normalized spacial score (nSPS) is 11.7. The van der Waals surface area contributed by atoms with Crippen molar-refractivity contribution in [1.82, 2.24) is 14.6 Å². The largest absolute Gasteiger partial charge is 0.508 e. The van der Waals surface area contributed by atoms with Crippen LogP contribution in [-0.4, -0.2) is 53.3 Å². The standard InChI is InChI=1S/C22H26N4O6/c1-3-30-22(28)32-14-18(29-2)11-9-17-10-12-19-20(23-15-24-26(17)19)25-21(27)31-13-16-7-5-4-6-8-16/h4-8,10,12,15,18H,3,9,11,13-14H2,1-2H3,(H,23,24,25,27). The maximum atomic E-state index is 12.2. The lowest BCUT2D eigenvalue weighted by atomic mass is 10.1. The van der Waals surface area contributed by atoms with Crippen LogP contribution < -0.4 is 5.32 Å². The Morgan fingerprint density at radius 1 is 1.09 bits per heavy atom. The molecule has 0 saturated carbocycles. The van der Waals surface area contributed by atoms with Crippen LogP contribution in [0.1, 0.15) is 24.6 Å². The number of nitrogens with one attached hydrogen (secondary N) is 1. The fraction of sp³-hybridized carbons (Fsp3) is 0.364. The molecular weight excluding hydrogens is 416 g/mol. The Kier molecular flexibility index (Phi) is 8.38. The van der Waals surface area contributed by atoms with Gasteiger partial charge < -0.3 is 18.9 Å². The number of ether oxygens (including phenoxy) is 4. The zero-order valence-corrected chi connectivity index (χ0v) is 18.0. The summed E-state index contributed by atoms with van der Waals surface area (Å²) in [5, 5.41) is 6.93. The Hall–Kier alpha value is -3.66. The molecule has 1 atom stereocenters. The van der Waals surface area contributed by atoms with Crippen molar-refractivity contribution in [3.05, 3.63) is 60.0 Å². The summed E-state index contributed by atoms with van der Waals surface area (Å²) >= 11 is 0. The number of nitrogens with zero attached hydrogens (tertiary/aromatic N) is 3. The van der Waals surface area contributed by atoms with Gasteiger partial charge in [-0.1, -0.05) is 30.3 Å². The first-order chi connectivity index (χ1) is 15.6. The highest BCUT2D eigenvalue weighted by atomic mass is 16.7. The highest BCUT2D eigenvalue weighted by Crippen LogP contribution is 2.18. The molecule has 0 bridgehead atoms. The molecule has 3 aromatic rings. The molecule has 1 N–H and O–H groups in total. The molecule has 0 aliphatic carbocycles. The summed E-state index contributed by atoms with van der Waals surface area (Å²) in [5.41, 5.74) is 2.41. The molecule has 1 unspecified atom stereocenters. The van der Waals surface area contributed by atoms with Crippen molar-refractivity contribution in [2.24, 2.45) is 0 Å². The van der Waals surface area contributed by atoms with E-state index in [0.29, 0.717) is 24.2 Å². The average molecular weight is 442 g/mol. The Morgan fingerprint density at radius 2 is 1.91 bits per heavy atom. The third-order valence-electron chi connectivity index (χ3n) is 4.67. The summed E-state index contributed by atoms with van der Waals surface area (Å²) in [5.74, 6) is 0.346. The van der Waals surface area contributed by atoms with Gasteiger partial charge in [-0.15, -0.1) is 0 Å². The van der Waals surface area contributed by atoms with Gasteiger partial charge in [0.2, 0.25) is 0 Å². The average Bonchev–Trinajstić information content (AvgIpc) is 3.23. The van der Waals surface area contributed by atoms with Crippen molar-refractivity contribution in [3.8, 4) is 0 Å². The molecule has 2 heterocycles. The second kappa shape index (κ2) is 11.7. The second-order valence-electron chi connectivity index (χ2n) is 6.81. The van der Waals surface area contributed by atoms with Gasteiger partial charge in [-0.2, -0.15) is 5.10 Å². The molecule has 10 nitrogen and oxygen atoms in total. The molecule has 0 aliphatic rings. The first-order valence-electron chi connectivity index (χ1n) is 10.2. The molecule has 0 spiro atoms. The van der Waals surface area contributed by atoms with E-state index in [-0.39, 0.29) is 25.9 Å². The lowest BCUT2D eigenvalue weighted by Gasteiger charge is -2.15. The van der Waals surface area contributed by atoms with E-state index in [1.54, 1.807) is 18.5 Å². The number of methoxy groups -OCH3 is 1. The van der Waals surface area contributed by atoms with Crippen molar-refractivity contribution in [2.75, 3.05) is 25.6 Å². The fourth-order valence-corrected chi connectivity index (χ4v) is 3.03. The Labute approximate surface area is 185 Å². The van der Waals surface area contributed by atoms with Crippen LogP contribution in [0.3, 0.4) is 0 Å². The zero-order valence-electron chi connectivity index (χ0n) is 18.0. The molecule has 3 rings (SSSR count). The van der Waals surface area contributed by atoms with E-state index in [1.807, 2.05) is 42.5 Å². The molecule has 0 aliphatic heterocycles. The predicted molar refractivity (Wildman–Crippen MR) is 115 cm³/mol. The van der Waals surface area contributed by atoms with E-state index in [0.717, 1.165) is 11.3 Å². The minimum atomic E-state index is -0.717. The number of hydrogen-bond donors (Lipinski definition) is 1. The molecule has 32 heavy (non-hydrogen) atoms. The molecule has 170 valence electrons. The molecule has 0 fully saturated rings. The number of fused-ring (bicyclic) bond motifs is 1. The summed E-state index contributed by atoms with van der Waals surface area (Å²) < 4.78 is 22.1. The number of hydrogen-bond acceptors (Lipinski definition) is 8. The van der Waals surface area contributed by atoms with Gasteiger partial charge in [0.1, 0.15) is 25.1 Å². The van der Waals surface area contributed by atoms with Gasteiger partial charge in [0, 0.05) is 12.8 Å². The van der Waals surface area contributed by atoms with Crippen molar-refractivity contribution in [2.45, 2.75) is 32.5 Å². The molecule has 0 saturated heterocycles. The van der Waals surface area contributed by atoms with Crippen LogP contribution in [-0.2, 0) is 32.0 Å². The Bertz CT molecular complexity index is 1020. The van der Waals surface area contributed by atoms with E-state index in [4.69, 9.17) is 18.9 Å². The van der Waals surface area contributed by atoms with Gasteiger partial charge in [0.15, 0.2) is 5.82 Å². The lowest BCUT2D eigenvalue weighted by Crippen LogP contribution is -2.22. The number of amides is 1. The first kappa shape index (κ1) is 23.0. The van der Waals surface area contributed by atoms with Crippen molar-refractivity contribution >= 4 is 23.6 Å². The van der Waals surface area contributed by atoms with E-state index >= 15 is 0 Å². The van der Waals surface area contributed by atoms with Gasteiger partial charge in [-0.3, -0.25) is 5.32 Å². The van der Waals surface area contributed by atoms with E-state index in [9.17, 15) is 9.59 Å². The number of carbonyl (C=O) groups excluding carboxylic acids is 2. The predicted octanol–water partition coefficient (Wildman–Crippen LogP) is 3.60. The van der Waals surface area contributed by atoms with E-state index in [1.165, 1.54) is 6.33 Å². The monoisotopic (exact) mass is 442 g/mol. The Morgan fingerprint density at radius 3 is 2.66 bits per heavy atom. The minimum absolute atomic E-state index is 0.0910. The SMILES string of the molecule is CCOC(=O)OCC(CCc1ccc2c(NC(=O)OCc3ccccc3)ncnn12)OC. The van der Waals surface area contributed by atoms with Crippen molar-refractivity contribution < 1.29 is 28.5 Å². The molecule has 10 heteroatoms. The minimum Gasteiger partial charge on any atom is -0.444 e. The molecule has 2 aromatic heterocycles. The van der Waals surface area contributed by atoms with Crippen LogP contribution in [0.4, 0.5) is 15.4 Å². The van der Waals surface area contributed by atoms with Gasteiger partial charge >= 0.3 is 12.2 Å². The lowest BCUT2D eigenvalue weighted by molar-refractivity contribution is 0.000925. The van der Waals surface area contributed by atoms with Gasteiger partial charge in [0.25, 0.3) is 0 Å². The Balaban J connectivity index is 1.58. The van der Waals surface area contributed by atoms with E-state index < -0.39 is 12.2 Å². The van der Waals surface area contributed by atoms with Crippen LogP contribution in [0.5, 0.6) is 0 Å². The topological polar surface area (TPSA) is 113 Å². The van der Waals surface area contributed by atoms with Crippen LogP contribution >= 0.6 is 0 Å².